The molecule has 28 heavy (non-hydrogen) atoms. The number of halogens is 1. The standard InChI is InChI=1S/C20H13ClN6O/c21-16-4-2-1-3-15(16)17-19(11-24,12-25)20(17,13-26)18(14(9-22)10-23)27-5-7-28-8-6-27/h1-4,17H,5-8H2. The summed E-state index contributed by atoms with van der Waals surface area (Å²) in [4.78, 5) is 1.70. The van der Waals surface area contributed by atoms with Crippen LogP contribution >= 0.6 is 11.6 Å². The van der Waals surface area contributed by atoms with E-state index in [0.29, 0.717) is 36.9 Å². The zero-order chi connectivity index (χ0) is 20.4. The van der Waals surface area contributed by atoms with Gasteiger partial charge in [0, 0.05) is 24.0 Å². The molecule has 7 nitrogen and oxygen atoms in total. The Labute approximate surface area is 167 Å². The summed E-state index contributed by atoms with van der Waals surface area (Å²) in [5.41, 5.74) is -3.15. The number of nitriles is 5. The van der Waals surface area contributed by atoms with Crippen molar-refractivity contribution in [1.29, 1.82) is 26.3 Å². The van der Waals surface area contributed by atoms with E-state index in [1.807, 2.05) is 24.3 Å². The van der Waals surface area contributed by atoms with Crippen LogP contribution in [0.4, 0.5) is 0 Å². The maximum Gasteiger partial charge on any atom is 0.177 e. The number of nitrogens with zero attached hydrogens (tertiary/aromatic N) is 6. The molecule has 1 saturated heterocycles. The van der Waals surface area contributed by atoms with Gasteiger partial charge in [0.15, 0.2) is 11.0 Å². The summed E-state index contributed by atoms with van der Waals surface area (Å²) >= 11 is 6.31. The third-order valence-corrected chi connectivity index (χ3v) is 5.66. The maximum absolute atomic E-state index is 10.2. The van der Waals surface area contributed by atoms with E-state index >= 15 is 0 Å². The number of hydrogen-bond acceptors (Lipinski definition) is 7. The second-order valence-electron chi connectivity index (χ2n) is 6.45. The van der Waals surface area contributed by atoms with Crippen molar-refractivity contribution in [1.82, 2.24) is 4.90 Å². The molecule has 1 aliphatic heterocycles. The van der Waals surface area contributed by atoms with Gasteiger partial charge in [-0.25, -0.2) is 0 Å². The van der Waals surface area contributed by atoms with Crippen LogP contribution in [0.1, 0.15) is 11.5 Å². The van der Waals surface area contributed by atoms with E-state index in [9.17, 15) is 26.3 Å². The third kappa shape index (κ3) is 2.41. The Morgan fingerprint density at radius 2 is 1.61 bits per heavy atom. The predicted molar refractivity (Wildman–Crippen MR) is 96.5 cm³/mol. The van der Waals surface area contributed by atoms with Crippen LogP contribution in [-0.2, 0) is 4.74 Å². The molecule has 3 rings (SSSR count). The van der Waals surface area contributed by atoms with Crippen molar-refractivity contribution < 1.29 is 4.74 Å². The molecule has 0 amide bonds. The smallest absolute Gasteiger partial charge is 0.177 e. The van der Waals surface area contributed by atoms with E-state index in [0.717, 1.165) is 0 Å². The Kier molecular flexibility index (Phi) is 4.96. The van der Waals surface area contributed by atoms with Gasteiger partial charge in [-0.2, -0.15) is 26.3 Å². The Bertz CT molecular complexity index is 1020. The fourth-order valence-electron chi connectivity index (χ4n) is 4.03. The number of benzene rings is 1. The van der Waals surface area contributed by atoms with E-state index < -0.39 is 16.7 Å². The minimum Gasteiger partial charge on any atom is -0.378 e. The summed E-state index contributed by atoms with van der Waals surface area (Å²) in [7, 11) is 0. The highest BCUT2D eigenvalue weighted by atomic mass is 35.5. The number of allylic oxidation sites excluding steroid dienone is 2. The van der Waals surface area contributed by atoms with Crippen molar-refractivity contribution >= 4 is 11.6 Å². The monoisotopic (exact) mass is 388 g/mol. The Morgan fingerprint density at radius 3 is 2.11 bits per heavy atom. The molecule has 1 heterocycles. The fourth-order valence-corrected chi connectivity index (χ4v) is 4.28. The lowest BCUT2D eigenvalue weighted by atomic mass is 9.88. The van der Waals surface area contributed by atoms with Crippen molar-refractivity contribution in [3.05, 3.63) is 46.1 Å². The molecule has 1 aliphatic carbocycles. The van der Waals surface area contributed by atoms with Gasteiger partial charge in [-0.3, -0.25) is 0 Å². The summed E-state index contributed by atoms with van der Waals surface area (Å²) in [6, 6.07) is 16.5. The topological polar surface area (TPSA) is 131 Å². The van der Waals surface area contributed by atoms with Crippen molar-refractivity contribution in [2.24, 2.45) is 10.8 Å². The van der Waals surface area contributed by atoms with Crippen LogP contribution in [0.3, 0.4) is 0 Å². The van der Waals surface area contributed by atoms with Crippen LogP contribution in [0.25, 0.3) is 0 Å². The van der Waals surface area contributed by atoms with Gasteiger partial charge in [-0.1, -0.05) is 29.8 Å². The first kappa shape index (κ1) is 19.2. The minimum atomic E-state index is -1.76. The molecular weight excluding hydrogens is 376 g/mol. The first-order chi connectivity index (χ1) is 13.6. The van der Waals surface area contributed by atoms with Crippen molar-refractivity contribution in [3.63, 3.8) is 0 Å². The lowest BCUT2D eigenvalue weighted by Gasteiger charge is -2.34. The molecule has 0 spiro atoms. The van der Waals surface area contributed by atoms with Gasteiger partial charge < -0.3 is 9.64 Å². The zero-order valence-corrected chi connectivity index (χ0v) is 15.4. The van der Waals surface area contributed by atoms with Gasteiger partial charge in [0.05, 0.1) is 37.1 Å². The molecular formula is C20H13ClN6O. The van der Waals surface area contributed by atoms with Gasteiger partial charge in [0.1, 0.15) is 17.6 Å². The molecule has 0 bridgehead atoms. The molecule has 0 N–H and O–H groups in total. The third-order valence-electron chi connectivity index (χ3n) is 5.31. The number of rotatable bonds is 3. The van der Waals surface area contributed by atoms with Crippen LogP contribution in [0, 0.1) is 67.5 Å². The normalized spacial score (nSPS) is 24.4. The second kappa shape index (κ2) is 7.23. The van der Waals surface area contributed by atoms with E-state index in [-0.39, 0.29) is 11.3 Å². The predicted octanol–water partition coefficient (Wildman–Crippen LogP) is 2.61. The summed E-state index contributed by atoms with van der Waals surface area (Å²) in [5.74, 6) is -0.886. The van der Waals surface area contributed by atoms with Crippen molar-refractivity contribution in [2.75, 3.05) is 26.3 Å². The van der Waals surface area contributed by atoms with E-state index in [1.54, 1.807) is 29.2 Å². The lowest BCUT2D eigenvalue weighted by molar-refractivity contribution is 0.0482. The van der Waals surface area contributed by atoms with E-state index in [2.05, 4.69) is 6.07 Å². The fraction of sp³-hybridized carbons (Fsp3) is 0.350. The quantitative estimate of drug-likeness (QED) is 0.727. The maximum atomic E-state index is 10.2. The SMILES string of the molecule is N#CC(C#N)=C(N1CCOCC1)C1(C#N)C(c2ccccc2Cl)C1(C#N)C#N. The lowest BCUT2D eigenvalue weighted by Crippen LogP contribution is -2.40. The Balaban J connectivity index is 2.32. The van der Waals surface area contributed by atoms with Gasteiger partial charge >= 0.3 is 0 Å². The highest BCUT2D eigenvalue weighted by Gasteiger charge is 2.83. The molecule has 8 heteroatoms. The molecule has 0 radical (unpaired) electrons. The molecule has 2 unspecified atom stereocenters. The molecule has 0 aromatic heterocycles. The van der Waals surface area contributed by atoms with Crippen LogP contribution in [0.5, 0.6) is 0 Å². The summed E-state index contributed by atoms with van der Waals surface area (Å²) in [6.07, 6.45) is 0. The molecule has 1 saturated carbocycles. The van der Waals surface area contributed by atoms with Crippen LogP contribution in [0.15, 0.2) is 35.5 Å². The Morgan fingerprint density at radius 1 is 1.00 bits per heavy atom. The summed E-state index contributed by atoms with van der Waals surface area (Å²) < 4.78 is 5.33. The van der Waals surface area contributed by atoms with Crippen LogP contribution in [-0.4, -0.2) is 31.2 Å². The average Bonchev–Trinajstić information content (AvgIpc) is 3.35. The van der Waals surface area contributed by atoms with E-state index in [4.69, 9.17) is 16.3 Å². The molecule has 2 aliphatic rings. The first-order valence-electron chi connectivity index (χ1n) is 8.43. The number of morpholine rings is 1. The molecule has 1 aromatic carbocycles. The van der Waals surface area contributed by atoms with E-state index in [1.165, 1.54) is 0 Å². The highest BCUT2D eigenvalue weighted by Crippen LogP contribution is 2.78. The first-order valence-corrected chi connectivity index (χ1v) is 8.81. The Hall–Kier alpha value is -3.54. The van der Waals surface area contributed by atoms with Gasteiger partial charge in [-0.05, 0) is 11.6 Å². The van der Waals surface area contributed by atoms with Gasteiger partial charge in [-0.15, -0.1) is 0 Å². The zero-order valence-electron chi connectivity index (χ0n) is 14.7. The molecule has 2 atom stereocenters. The van der Waals surface area contributed by atoms with Crippen LogP contribution < -0.4 is 0 Å². The molecule has 2 fully saturated rings. The summed E-state index contributed by atoms with van der Waals surface area (Å²) in [5, 5.41) is 49.5. The minimum absolute atomic E-state index is 0.108. The summed E-state index contributed by atoms with van der Waals surface area (Å²) in [6.45, 7) is 1.37. The molecule has 1 aromatic rings. The van der Waals surface area contributed by atoms with Crippen molar-refractivity contribution in [2.45, 2.75) is 5.92 Å². The van der Waals surface area contributed by atoms with Crippen molar-refractivity contribution in [3.8, 4) is 30.3 Å². The highest BCUT2D eigenvalue weighted by molar-refractivity contribution is 6.31. The van der Waals surface area contributed by atoms with Gasteiger partial charge in [0.2, 0.25) is 0 Å². The number of ether oxygens (including phenoxy) is 1. The average molecular weight is 389 g/mol. The second-order valence-corrected chi connectivity index (χ2v) is 6.86. The molecule has 136 valence electrons. The van der Waals surface area contributed by atoms with Crippen LogP contribution in [0.2, 0.25) is 5.02 Å². The van der Waals surface area contributed by atoms with Gasteiger partial charge in [0.25, 0.3) is 0 Å². The number of hydrogen-bond donors (Lipinski definition) is 0. The largest absolute Gasteiger partial charge is 0.378 e.